The smallest absolute Gasteiger partial charge is 0.252 e. The number of hydrogen-bond donors (Lipinski definition) is 1. The molecule has 1 fully saturated rings. The summed E-state index contributed by atoms with van der Waals surface area (Å²) in [6.45, 7) is 6.88. The van der Waals surface area contributed by atoms with Gasteiger partial charge in [0.15, 0.2) is 5.65 Å². The van der Waals surface area contributed by atoms with E-state index in [2.05, 4.69) is 29.2 Å². The zero-order valence-corrected chi connectivity index (χ0v) is 13.1. The molecule has 1 amide bonds. The van der Waals surface area contributed by atoms with Crippen LogP contribution in [0.15, 0.2) is 6.07 Å². The van der Waals surface area contributed by atoms with Gasteiger partial charge in [-0.05, 0) is 37.7 Å². The van der Waals surface area contributed by atoms with Crippen molar-refractivity contribution in [2.24, 2.45) is 13.0 Å². The predicted octanol–water partition coefficient (Wildman–Crippen LogP) is 2.54. The van der Waals surface area contributed by atoms with Crippen LogP contribution in [0.5, 0.6) is 0 Å². The number of carbonyl (C=O) groups is 1. The number of carbonyl (C=O) groups excluding carboxylic acids is 1. The average Bonchev–Trinajstić information content (AvgIpc) is 3.22. The van der Waals surface area contributed by atoms with Crippen LogP contribution in [0, 0.1) is 12.8 Å². The van der Waals surface area contributed by atoms with E-state index in [4.69, 9.17) is 0 Å². The largest absolute Gasteiger partial charge is 0.352 e. The van der Waals surface area contributed by atoms with E-state index >= 15 is 0 Å². The molecule has 21 heavy (non-hydrogen) atoms. The van der Waals surface area contributed by atoms with Gasteiger partial charge < -0.3 is 5.32 Å². The molecule has 0 atom stereocenters. The summed E-state index contributed by atoms with van der Waals surface area (Å²) in [6, 6.07) is 1.92. The van der Waals surface area contributed by atoms with E-state index in [1.807, 2.05) is 20.0 Å². The molecule has 5 heteroatoms. The minimum Gasteiger partial charge on any atom is -0.352 e. The summed E-state index contributed by atoms with van der Waals surface area (Å²) in [4.78, 5) is 17.2. The van der Waals surface area contributed by atoms with Crippen molar-refractivity contribution in [1.29, 1.82) is 0 Å². The van der Waals surface area contributed by atoms with E-state index in [1.165, 1.54) is 12.8 Å². The highest BCUT2D eigenvalue weighted by atomic mass is 16.1. The van der Waals surface area contributed by atoms with Gasteiger partial charge in [-0.2, -0.15) is 5.10 Å². The van der Waals surface area contributed by atoms with E-state index in [-0.39, 0.29) is 11.8 Å². The van der Waals surface area contributed by atoms with E-state index in [9.17, 15) is 4.79 Å². The average molecular weight is 286 g/mol. The number of aryl methyl sites for hydroxylation is 2. The summed E-state index contributed by atoms with van der Waals surface area (Å²) in [5, 5.41) is 8.34. The highest BCUT2D eigenvalue weighted by molar-refractivity contribution is 6.06. The molecule has 0 spiro atoms. The second-order valence-electron chi connectivity index (χ2n) is 6.31. The van der Waals surface area contributed by atoms with Gasteiger partial charge in [-0.1, -0.05) is 13.8 Å². The first-order valence-electron chi connectivity index (χ1n) is 7.59. The number of aromatic nitrogens is 3. The van der Waals surface area contributed by atoms with Crippen molar-refractivity contribution in [1.82, 2.24) is 20.1 Å². The number of pyridine rings is 1. The lowest BCUT2D eigenvalue weighted by Gasteiger charge is -2.10. The second-order valence-corrected chi connectivity index (χ2v) is 6.31. The van der Waals surface area contributed by atoms with Crippen LogP contribution in [-0.2, 0) is 7.05 Å². The first-order chi connectivity index (χ1) is 9.97. The molecule has 1 saturated carbocycles. The third-order valence-electron chi connectivity index (χ3n) is 4.07. The topological polar surface area (TPSA) is 59.8 Å². The van der Waals surface area contributed by atoms with Crippen LogP contribution in [0.4, 0.5) is 0 Å². The Labute approximate surface area is 124 Å². The molecule has 0 aliphatic heterocycles. The maximum Gasteiger partial charge on any atom is 0.252 e. The van der Waals surface area contributed by atoms with E-state index in [1.54, 1.807) is 4.68 Å². The van der Waals surface area contributed by atoms with Crippen molar-refractivity contribution in [3.05, 3.63) is 23.0 Å². The first kappa shape index (κ1) is 14.0. The first-order valence-corrected chi connectivity index (χ1v) is 7.59. The lowest BCUT2D eigenvalue weighted by atomic mass is 10.0. The quantitative estimate of drug-likeness (QED) is 0.939. The third kappa shape index (κ3) is 2.64. The fraction of sp³-hybridized carbons (Fsp3) is 0.562. The minimum absolute atomic E-state index is 0.00713. The molecule has 5 nitrogen and oxygen atoms in total. The SMILES string of the molecule is Cc1nn(C)c2nc(C(C)C)cc(C(=O)NCC3CC3)c12. The minimum atomic E-state index is -0.00713. The number of nitrogens with zero attached hydrogens (tertiary/aromatic N) is 3. The van der Waals surface area contributed by atoms with Gasteiger partial charge in [-0.15, -0.1) is 0 Å². The van der Waals surface area contributed by atoms with Crippen LogP contribution < -0.4 is 5.32 Å². The molecular weight excluding hydrogens is 264 g/mol. The lowest BCUT2D eigenvalue weighted by molar-refractivity contribution is 0.0953. The van der Waals surface area contributed by atoms with Crippen molar-refractivity contribution in [3.63, 3.8) is 0 Å². The number of hydrogen-bond acceptors (Lipinski definition) is 3. The fourth-order valence-electron chi connectivity index (χ4n) is 2.59. The van der Waals surface area contributed by atoms with Crippen molar-refractivity contribution in [2.45, 2.75) is 39.5 Å². The Kier molecular flexibility index (Phi) is 3.43. The number of amides is 1. The van der Waals surface area contributed by atoms with Crippen LogP contribution in [0.2, 0.25) is 0 Å². The highest BCUT2D eigenvalue weighted by Gasteiger charge is 2.24. The van der Waals surface area contributed by atoms with Crippen molar-refractivity contribution in [3.8, 4) is 0 Å². The van der Waals surface area contributed by atoms with Crippen molar-refractivity contribution < 1.29 is 4.79 Å². The van der Waals surface area contributed by atoms with Gasteiger partial charge in [0, 0.05) is 19.3 Å². The van der Waals surface area contributed by atoms with Crippen LogP contribution >= 0.6 is 0 Å². The van der Waals surface area contributed by atoms with Gasteiger partial charge in [0.2, 0.25) is 0 Å². The van der Waals surface area contributed by atoms with Crippen LogP contribution in [0.1, 0.15) is 54.4 Å². The van der Waals surface area contributed by atoms with Crippen LogP contribution in [-0.4, -0.2) is 27.2 Å². The zero-order chi connectivity index (χ0) is 15.1. The molecule has 1 N–H and O–H groups in total. The number of fused-ring (bicyclic) bond motifs is 1. The van der Waals surface area contributed by atoms with Gasteiger partial charge in [0.1, 0.15) is 0 Å². The summed E-state index contributed by atoms with van der Waals surface area (Å²) in [7, 11) is 1.87. The lowest BCUT2D eigenvalue weighted by Crippen LogP contribution is -2.26. The fourth-order valence-corrected chi connectivity index (χ4v) is 2.59. The molecule has 0 saturated heterocycles. The molecule has 2 aromatic rings. The van der Waals surface area contributed by atoms with Crippen molar-refractivity contribution in [2.75, 3.05) is 6.54 Å². The Bertz CT molecular complexity index is 698. The highest BCUT2D eigenvalue weighted by Crippen LogP contribution is 2.28. The molecule has 0 unspecified atom stereocenters. The molecular formula is C16H22N4O. The normalized spacial score (nSPS) is 14.9. The van der Waals surface area contributed by atoms with E-state index < -0.39 is 0 Å². The molecule has 112 valence electrons. The summed E-state index contributed by atoms with van der Waals surface area (Å²) >= 11 is 0. The van der Waals surface area contributed by atoms with E-state index in [0.29, 0.717) is 11.5 Å². The standard InChI is InChI=1S/C16H22N4O/c1-9(2)13-7-12(16(21)17-8-11-5-6-11)14-10(3)19-20(4)15(14)18-13/h7,9,11H,5-6,8H2,1-4H3,(H,17,21). The molecule has 1 aliphatic carbocycles. The maximum atomic E-state index is 12.6. The second kappa shape index (κ2) is 5.13. The zero-order valence-electron chi connectivity index (χ0n) is 13.1. The Balaban J connectivity index is 2.06. The summed E-state index contributed by atoms with van der Waals surface area (Å²) in [5.74, 6) is 0.942. The number of nitrogens with one attached hydrogen (secondary N) is 1. The van der Waals surface area contributed by atoms with Gasteiger partial charge in [-0.25, -0.2) is 4.98 Å². The predicted molar refractivity (Wildman–Crippen MR) is 82.4 cm³/mol. The van der Waals surface area contributed by atoms with Crippen LogP contribution in [0.3, 0.4) is 0 Å². The molecule has 0 radical (unpaired) electrons. The van der Waals surface area contributed by atoms with Gasteiger partial charge >= 0.3 is 0 Å². The van der Waals surface area contributed by atoms with E-state index in [0.717, 1.165) is 29.0 Å². The Hall–Kier alpha value is -1.91. The molecule has 0 bridgehead atoms. The van der Waals surface area contributed by atoms with Gasteiger partial charge in [-0.3, -0.25) is 9.48 Å². The Morgan fingerprint density at radius 2 is 2.19 bits per heavy atom. The van der Waals surface area contributed by atoms with Crippen molar-refractivity contribution >= 4 is 16.9 Å². The van der Waals surface area contributed by atoms with Crippen LogP contribution in [0.25, 0.3) is 11.0 Å². The summed E-state index contributed by atoms with van der Waals surface area (Å²) < 4.78 is 1.76. The van der Waals surface area contributed by atoms with Gasteiger partial charge in [0.25, 0.3) is 5.91 Å². The molecule has 2 aromatic heterocycles. The molecule has 0 aromatic carbocycles. The third-order valence-corrected chi connectivity index (χ3v) is 4.07. The summed E-state index contributed by atoms with van der Waals surface area (Å²) in [6.07, 6.45) is 2.46. The number of rotatable bonds is 4. The summed E-state index contributed by atoms with van der Waals surface area (Å²) in [5.41, 5.74) is 3.28. The molecule has 1 aliphatic rings. The Morgan fingerprint density at radius 3 is 2.81 bits per heavy atom. The monoisotopic (exact) mass is 286 g/mol. The molecule has 2 heterocycles. The van der Waals surface area contributed by atoms with Gasteiger partial charge in [0.05, 0.1) is 16.6 Å². The molecule has 3 rings (SSSR count). The maximum absolute atomic E-state index is 12.6. The Morgan fingerprint density at radius 1 is 1.48 bits per heavy atom.